The Morgan fingerprint density at radius 3 is 2.90 bits per heavy atom. The number of aryl methyl sites for hydroxylation is 1. The van der Waals surface area contributed by atoms with E-state index in [0.717, 1.165) is 65.2 Å². The highest BCUT2D eigenvalue weighted by Gasteiger charge is 2.44. The van der Waals surface area contributed by atoms with E-state index in [2.05, 4.69) is 38.0 Å². The average molecular weight is 533 g/mol. The van der Waals surface area contributed by atoms with Crippen molar-refractivity contribution in [2.24, 2.45) is 5.92 Å². The first-order valence-corrected chi connectivity index (χ1v) is 13.5. The van der Waals surface area contributed by atoms with Crippen LogP contribution in [0.3, 0.4) is 0 Å². The summed E-state index contributed by atoms with van der Waals surface area (Å²) in [5.74, 6) is 2.93. The first-order chi connectivity index (χ1) is 19.6. The molecule has 0 radical (unpaired) electrons. The molecule has 5 aromatic rings. The van der Waals surface area contributed by atoms with Crippen LogP contribution in [0.5, 0.6) is 11.5 Å². The van der Waals surface area contributed by atoms with Gasteiger partial charge in [0.1, 0.15) is 29.7 Å². The second-order valence-corrected chi connectivity index (χ2v) is 10.5. The van der Waals surface area contributed by atoms with Crippen molar-refractivity contribution >= 4 is 34.1 Å². The first kappa shape index (κ1) is 24.2. The van der Waals surface area contributed by atoms with Gasteiger partial charge in [-0.1, -0.05) is 6.58 Å². The summed E-state index contributed by atoms with van der Waals surface area (Å²) in [5, 5.41) is 7.55. The quantitative estimate of drug-likeness (QED) is 0.298. The summed E-state index contributed by atoms with van der Waals surface area (Å²) in [7, 11) is 0. The zero-order valence-corrected chi connectivity index (χ0v) is 22.1. The molecule has 10 nitrogen and oxygen atoms in total. The minimum absolute atomic E-state index is 0.0302. The molecule has 1 aromatic carbocycles. The van der Waals surface area contributed by atoms with Crippen molar-refractivity contribution in [2.75, 3.05) is 11.9 Å². The van der Waals surface area contributed by atoms with Crippen molar-refractivity contribution in [3.8, 4) is 11.5 Å². The fourth-order valence-electron chi connectivity index (χ4n) is 6.14. The minimum atomic E-state index is 0.0302. The molecular weight excluding hydrogens is 504 g/mol. The van der Waals surface area contributed by atoms with Crippen LogP contribution >= 0.6 is 0 Å². The Kier molecular flexibility index (Phi) is 5.87. The second kappa shape index (κ2) is 9.71. The molecule has 1 saturated heterocycles. The molecule has 4 aromatic heterocycles. The normalized spacial score (nSPS) is 20.1. The number of carbonyl (C=O) groups is 1. The van der Waals surface area contributed by atoms with E-state index in [-0.39, 0.29) is 11.9 Å². The van der Waals surface area contributed by atoms with E-state index in [1.54, 1.807) is 10.8 Å². The van der Waals surface area contributed by atoms with Crippen molar-refractivity contribution in [3.05, 3.63) is 85.2 Å². The average Bonchev–Trinajstić information content (AvgIpc) is 3.70. The number of fused-ring (bicyclic) bond motifs is 3. The molecule has 2 aliphatic rings. The first-order valence-electron chi connectivity index (χ1n) is 13.5. The summed E-state index contributed by atoms with van der Waals surface area (Å²) in [5.41, 5.74) is 5.10. The molecule has 1 amide bonds. The fourth-order valence-corrected chi connectivity index (χ4v) is 6.14. The third-order valence-corrected chi connectivity index (χ3v) is 8.10. The molecule has 0 unspecified atom stereocenters. The lowest BCUT2D eigenvalue weighted by Crippen LogP contribution is -2.34. The minimum Gasteiger partial charge on any atom is -0.457 e. The van der Waals surface area contributed by atoms with Crippen molar-refractivity contribution in [3.63, 3.8) is 0 Å². The SMILES string of the molecule is C=CC(=O)N1CC[C@H]2C[C@H](c3ccc4ncnc(Nc5ccc(Oc6ccn7ncnc7c6)c(C)c5)c4n3)C[C@H]21. The number of pyridine rings is 2. The molecule has 1 aliphatic heterocycles. The largest absolute Gasteiger partial charge is 0.457 e. The summed E-state index contributed by atoms with van der Waals surface area (Å²) in [6, 6.07) is 14.0. The van der Waals surface area contributed by atoms with Gasteiger partial charge in [-0.05, 0) is 80.1 Å². The Morgan fingerprint density at radius 2 is 2.02 bits per heavy atom. The lowest BCUT2D eigenvalue weighted by molar-refractivity contribution is -0.126. The van der Waals surface area contributed by atoms with Crippen LogP contribution in [0.1, 0.15) is 36.4 Å². The zero-order chi connectivity index (χ0) is 27.2. The number of anilines is 2. The number of hydrogen-bond donors (Lipinski definition) is 1. The van der Waals surface area contributed by atoms with Crippen LogP contribution in [0.4, 0.5) is 11.5 Å². The van der Waals surface area contributed by atoms with Gasteiger partial charge >= 0.3 is 0 Å². The maximum Gasteiger partial charge on any atom is 0.246 e. The Morgan fingerprint density at radius 1 is 1.10 bits per heavy atom. The number of hydrogen-bond acceptors (Lipinski definition) is 8. The van der Waals surface area contributed by atoms with E-state index in [1.807, 2.05) is 54.4 Å². The van der Waals surface area contributed by atoms with Gasteiger partial charge < -0.3 is 15.0 Å². The van der Waals surface area contributed by atoms with Crippen LogP contribution in [0.15, 0.2) is 74.0 Å². The van der Waals surface area contributed by atoms with Crippen molar-refractivity contribution in [1.82, 2.24) is 34.4 Å². The number of ether oxygens (including phenoxy) is 1. The molecule has 3 atom stereocenters. The number of nitrogens with one attached hydrogen (secondary N) is 1. The van der Waals surface area contributed by atoms with Crippen molar-refractivity contribution in [1.29, 1.82) is 0 Å². The third kappa shape index (κ3) is 4.31. The Hall–Kier alpha value is -4.86. The number of rotatable bonds is 6. The van der Waals surface area contributed by atoms with Crippen LogP contribution in [0.25, 0.3) is 16.7 Å². The van der Waals surface area contributed by atoms with Crippen LogP contribution in [0.2, 0.25) is 0 Å². The maximum absolute atomic E-state index is 12.3. The van der Waals surface area contributed by atoms with E-state index in [9.17, 15) is 4.79 Å². The number of likely N-dealkylation sites (tertiary alicyclic amines) is 1. The summed E-state index contributed by atoms with van der Waals surface area (Å²) in [6.07, 6.45) is 9.30. The molecule has 1 saturated carbocycles. The fraction of sp³-hybridized carbons (Fsp3) is 0.267. The number of benzene rings is 1. The summed E-state index contributed by atoms with van der Waals surface area (Å²) in [4.78, 5) is 32.5. The van der Waals surface area contributed by atoms with Gasteiger partial charge in [0.05, 0.1) is 5.52 Å². The zero-order valence-electron chi connectivity index (χ0n) is 22.1. The molecule has 200 valence electrons. The highest BCUT2D eigenvalue weighted by molar-refractivity contribution is 5.88. The molecule has 10 heteroatoms. The summed E-state index contributed by atoms with van der Waals surface area (Å²) >= 11 is 0. The predicted octanol–water partition coefficient (Wildman–Crippen LogP) is 5.19. The van der Waals surface area contributed by atoms with Crippen LogP contribution in [-0.2, 0) is 4.79 Å². The molecule has 0 spiro atoms. The van der Waals surface area contributed by atoms with Gasteiger partial charge in [-0.25, -0.2) is 24.5 Å². The van der Waals surface area contributed by atoms with Crippen LogP contribution < -0.4 is 10.1 Å². The van der Waals surface area contributed by atoms with Gasteiger partial charge in [0, 0.05) is 42.1 Å². The summed E-state index contributed by atoms with van der Waals surface area (Å²) in [6.45, 7) is 6.50. The highest BCUT2D eigenvalue weighted by atomic mass is 16.5. The molecule has 0 bridgehead atoms. The van der Waals surface area contributed by atoms with Gasteiger partial charge in [0.2, 0.25) is 5.91 Å². The lowest BCUT2D eigenvalue weighted by atomic mass is 9.99. The Bertz CT molecular complexity index is 1770. The smallest absolute Gasteiger partial charge is 0.246 e. The number of nitrogens with zero attached hydrogens (tertiary/aromatic N) is 7. The second-order valence-electron chi connectivity index (χ2n) is 10.5. The number of amides is 1. The third-order valence-electron chi connectivity index (χ3n) is 8.10. The van der Waals surface area contributed by atoms with Gasteiger partial charge in [0.15, 0.2) is 11.5 Å². The van der Waals surface area contributed by atoms with Crippen molar-refractivity contribution < 1.29 is 9.53 Å². The molecule has 1 N–H and O–H groups in total. The van der Waals surface area contributed by atoms with E-state index >= 15 is 0 Å². The van der Waals surface area contributed by atoms with E-state index in [1.165, 1.54) is 12.4 Å². The topological polar surface area (TPSA) is 110 Å². The predicted molar refractivity (Wildman–Crippen MR) is 151 cm³/mol. The molecule has 2 fully saturated rings. The highest BCUT2D eigenvalue weighted by Crippen LogP contribution is 2.45. The maximum atomic E-state index is 12.3. The van der Waals surface area contributed by atoms with Crippen molar-refractivity contribution in [2.45, 2.75) is 38.1 Å². The molecule has 1 aliphatic carbocycles. The van der Waals surface area contributed by atoms with Crippen LogP contribution in [0, 0.1) is 12.8 Å². The Labute approximate surface area is 230 Å². The van der Waals surface area contributed by atoms with Gasteiger partial charge in [-0.3, -0.25) is 4.79 Å². The van der Waals surface area contributed by atoms with Gasteiger partial charge in [0.25, 0.3) is 0 Å². The Balaban J connectivity index is 1.11. The molecule has 7 rings (SSSR count). The van der Waals surface area contributed by atoms with Gasteiger partial charge in [-0.15, -0.1) is 0 Å². The van der Waals surface area contributed by atoms with E-state index < -0.39 is 0 Å². The number of carbonyl (C=O) groups excluding carboxylic acids is 1. The molecule has 5 heterocycles. The molecular formula is C30H28N8O2. The van der Waals surface area contributed by atoms with E-state index in [0.29, 0.717) is 23.4 Å². The van der Waals surface area contributed by atoms with Gasteiger partial charge in [-0.2, -0.15) is 5.10 Å². The monoisotopic (exact) mass is 532 g/mol. The standard InChI is InChI=1S/C30H28N8O2/c1-3-28(39)37-10-8-19-13-20(14-25(19)37)23-5-6-24-29(36-23)30(33-16-31-24)35-21-4-7-26(18(2)12-21)40-22-9-11-38-27(15-22)32-17-34-38/h3-7,9,11-12,15-17,19-20,25H,1,8,10,13-14H2,2H3,(H,31,33,35)/t19-,20-,25+/m0/s1. The van der Waals surface area contributed by atoms with Crippen LogP contribution in [-0.4, -0.2) is 52.9 Å². The number of aromatic nitrogens is 6. The lowest BCUT2D eigenvalue weighted by Gasteiger charge is -2.23. The summed E-state index contributed by atoms with van der Waals surface area (Å²) < 4.78 is 7.81. The molecule has 40 heavy (non-hydrogen) atoms. The van der Waals surface area contributed by atoms with E-state index in [4.69, 9.17) is 9.72 Å².